The standard InChI is InChI=1S/C26H40F2O4S2/c1-7-32-24(29)23(28)21(25(30-5)31-6)14-15-22(27)20(26-33-16-17-34-26)13-9-12-19(4)11-8-10-18(2)3/h10,12,25-26H,7-9,11,13-17H2,1-6H3/b19-12+,22-20-,23-21-. The third-order valence-electron chi connectivity index (χ3n) is 5.32. The third-order valence-corrected chi connectivity index (χ3v) is 8.44. The molecular formula is C26H40F2O4S2. The maximum atomic E-state index is 15.5. The van der Waals surface area contributed by atoms with Crippen molar-refractivity contribution in [1.29, 1.82) is 0 Å². The fourth-order valence-electron chi connectivity index (χ4n) is 3.55. The molecule has 0 saturated carbocycles. The Labute approximate surface area is 212 Å². The molecule has 194 valence electrons. The Bertz CT molecular complexity index is 761. The van der Waals surface area contributed by atoms with Crippen LogP contribution in [-0.2, 0) is 19.0 Å². The first-order valence-corrected chi connectivity index (χ1v) is 13.9. The van der Waals surface area contributed by atoms with Crippen molar-refractivity contribution in [3.63, 3.8) is 0 Å². The summed E-state index contributed by atoms with van der Waals surface area (Å²) in [7, 11) is 2.70. The van der Waals surface area contributed by atoms with E-state index in [0.29, 0.717) is 6.42 Å². The van der Waals surface area contributed by atoms with Crippen LogP contribution in [0.15, 0.2) is 46.1 Å². The number of carbonyl (C=O) groups excluding carboxylic acids is 1. The molecule has 34 heavy (non-hydrogen) atoms. The summed E-state index contributed by atoms with van der Waals surface area (Å²) < 4.78 is 45.4. The number of hydrogen-bond donors (Lipinski definition) is 0. The number of thioether (sulfide) groups is 2. The number of carbonyl (C=O) groups is 1. The minimum absolute atomic E-state index is 0.0262. The lowest BCUT2D eigenvalue weighted by molar-refractivity contribution is -0.141. The lowest BCUT2D eigenvalue weighted by Gasteiger charge is -2.19. The van der Waals surface area contributed by atoms with E-state index in [9.17, 15) is 9.18 Å². The molecule has 1 heterocycles. The van der Waals surface area contributed by atoms with Crippen LogP contribution in [0, 0.1) is 0 Å². The topological polar surface area (TPSA) is 44.8 Å². The van der Waals surface area contributed by atoms with Gasteiger partial charge in [-0.1, -0.05) is 23.3 Å². The van der Waals surface area contributed by atoms with Gasteiger partial charge in [-0.05, 0) is 65.4 Å². The summed E-state index contributed by atoms with van der Waals surface area (Å²) in [6.07, 6.45) is 6.66. The maximum Gasteiger partial charge on any atom is 0.367 e. The number of halogens is 2. The van der Waals surface area contributed by atoms with Gasteiger partial charge in [-0.15, -0.1) is 23.5 Å². The van der Waals surface area contributed by atoms with Gasteiger partial charge in [0.15, 0.2) is 6.29 Å². The van der Waals surface area contributed by atoms with Crippen molar-refractivity contribution in [2.75, 3.05) is 32.3 Å². The highest BCUT2D eigenvalue weighted by atomic mass is 32.2. The van der Waals surface area contributed by atoms with E-state index in [1.165, 1.54) is 25.4 Å². The van der Waals surface area contributed by atoms with Crippen LogP contribution in [0.3, 0.4) is 0 Å². The van der Waals surface area contributed by atoms with E-state index in [0.717, 1.165) is 36.3 Å². The smallest absolute Gasteiger partial charge is 0.367 e. The normalized spacial score (nSPS) is 16.4. The average Bonchev–Trinajstić information content (AvgIpc) is 3.33. The number of allylic oxidation sites excluding steroid dienone is 5. The predicted molar refractivity (Wildman–Crippen MR) is 140 cm³/mol. The van der Waals surface area contributed by atoms with Crippen LogP contribution in [0.2, 0.25) is 0 Å². The van der Waals surface area contributed by atoms with Crippen LogP contribution in [0.5, 0.6) is 0 Å². The van der Waals surface area contributed by atoms with Crippen LogP contribution in [0.25, 0.3) is 0 Å². The zero-order valence-electron chi connectivity index (χ0n) is 21.4. The Morgan fingerprint density at radius 2 is 1.59 bits per heavy atom. The van der Waals surface area contributed by atoms with E-state index in [4.69, 9.17) is 14.2 Å². The van der Waals surface area contributed by atoms with Crippen molar-refractivity contribution in [2.45, 2.75) is 77.1 Å². The summed E-state index contributed by atoms with van der Waals surface area (Å²) in [6.45, 7) is 7.94. The monoisotopic (exact) mass is 518 g/mol. The Morgan fingerprint density at radius 1 is 0.971 bits per heavy atom. The molecular weight excluding hydrogens is 478 g/mol. The molecule has 0 radical (unpaired) electrons. The van der Waals surface area contributed by atoms with Gasteiger partial charge in [0.1, 0.15) is 5.83 Å². The van der Waals surface area contributed by atoms with E-state index in [-0.39, 0.29) is 35.4 Å². The molecule has 1 aliphatic heterocycles. The summed E-state index contributed by atoms with van der Waals surface area (Å²) in [5.41, 5.74) is 3.34. The molecule has 0 amide bonds. The Morgan fingerprint density at radius 3 is 2.15 bits per heavy atom. The van der Waals surface area contributed by atoms with E-state index in [1.807, 2.05) is 0 Å². The molecule has 1 fully saturated rings. The van der Waals surface area contributed by atoms with Crippen molar-refractivity contribution in [2.24, 2.45) is 0 Å². The van der Waals surface area contributed by atoms with Crippen molar-refractivity contribution >= 4 is 29.5 Å². The molecule has 0 aromatic rings. The van der Waals surface area contributed by atoms with Gasteiger partial charge in [0.2, 0.25) is 5.83 Å². The van der Waals surface area contributed by atoms with E-state index < -0.39 is 18.1 Å². The van der Waals surface area contributed by atoms with Crippen LogP contribution < -0.4 is 0 Å². The molecule has 4 nitrogen and oxygen atoms in total. The summed E-state index contributed by atoms with van der Waals surface area (Å²) in [5, 5.41) is 0. The molecule has 8 heteroatoms. The number of esters is 1. The molecule has 0 spiro atoms. The second-order valence-corrected chi connectivity index (χ2v) is 11.0. The van der Waals surface area contributed by atoms with E-state index in [1.54, 1.807) is 30.4 Å². The zero-order chi connectivity index (χ0) is 25.5. The predicted octanol–water partition coefficient (Wildman–Crippen LogP) is 7.67. The highest BCUT2D eigenvalue weighted by Crippen LogP contribution is 2.41. The van der Waals surface area contributed by atoms with Crippen molar-refractivity contribution in [3.05, 3.63) is 46.1 Å². The molecule has 0 N–H and O–H groups in total. The summed E-state index contributed by atoms with van der Waals surface area (Å²) in [5.74, 6) is -0.437. The summed E-state index contributed by atoms with van der Waals surface area (Å²) in [6, 6.07) is 0. The van der Waals surface area contributed by atoms with Crippen molar-refractivity contribution < 1.29 is 27.8 Å². The SMILES string of the molecule is CCOC(=O)/C(F)=C(\CC/C(F)=C(\CC/C=C(\C)CCC=C(C)C)C1SCCS1)C(OC)OC. The third kappa shape index (κ3) is 11.1. The molecule has 0 aromatic carbocycles. The van der Waals surface area contributed by atoms with Gasteiger partial charge >= 0.3 is 5.97 Å². The lowest BCUT2D eigenvalue weighted by Crippen LogP contribution is -2.20. The van der Waals surface area contributed by atoms with Gasteiger partial charge in [0.05, 0.1) is 11.2 Å². The molecule has 0 atom stereocenters. The molecule has 0 unspecified atom stereocenters. The van der Waals surface area contributed by atoms with Crippen molar-refractivity contribution in [1.82, 2.24) is 0 Å². The maximum absolute atomic E-state index is 15.5. The Balaban J connectivity index is 2.99. The number of ether oxygens (including phenoxy) is 3. The highest BCUT2D eigenvalue weighted by molar-refractivity contribution is 8.20. The van der Waals surface area contributed by atoms with E-state index in [2.05, 4.69) is 32.9 Å². The van der Waals surface area contributed by atoms with Gasteiger partial charge in [0.25, 0.3) is 0 Å². The summed E-state index contributed by atoms with van der Waals surface area (Å²) >= 11 is 3.50. The van der Waals surface area contributed by atoms with Gasteiger partial charge in [0, 0.05) is 37.7 Å². The lowest BCUT2D eigenvalue weighted by atomic mass is 10.0. The fraction of sp³-hybridized carbons (Fsp3) is 0.654. The first-order chi connectivity index (χ1) is 16.2. The molecule has 1 rings (SSSR count). The second kappa shape index (κ2) is 17.4. The molecule has 0 aliphatic carbocycles. The van der Waals surface area contributed by atoms with Gasteiger partial charge < -0.3 is 14.2 Å². The quantitative estimate of drug-likeness (QED) is 0.0959. The van der Waals surface area contributed by atoms with Gasteiger partial charge in [-0.25, -0.2) is 9.18 Å². The molecule has 0 bridgehead atoms. The van der Waals surface area contributed by atoms with Crippen LogP contribution in [0.4, 0.5) is 8.78 Å². The summed E-state index contributed by atoms with van der Waals surface area (Å²) in [4.78, 5) is 11.9. The Hall–Kier alpha value is -1.09. The first-order valence-electron chi connectivity index (χ1n) is 11.8. The minimum atomic E-state index is -1.09. The van der Waals surface area contributed by atoms with Gasteiger partial charge in [-0.2, -0.15) is 4.39 Å². The van der Waals surface area contributed by atoms with Crippen LogP contribution >= 0.6 is 23.5 Å². The fourth-order valence-corrected chi connectivity index (χ4v) is 6.60. The Kier molecular flexibility index (Phi) is 15.8. The van der Waals surface area contributed by atoms with E-state index >= 15 is 4.39 Å². The highest BCUT2D eigenvalue weighted by Gasteiger charge is 2.27. The van der Waals surface area contributed by atoms with Gasteiger partial charge in [-0.3, -0.25) is 0 Å². The van der Waals surface area contributed by atoms with Crippen molar-refractivity contribution in [3.8, 4) is 0 Å². The minimum Gasteiger partial charge on any atom is -0.461 e. The largest absolute Gasteiger partial charge is 0.461 e. The van der Waals surface area contributed by atoms with Crippen LogP contribution in [-0.4, -0.2) is 49.2 Å². The number of methoxy groups -OCH3 is 2. The first kappa shape index (κ1) is 30.9. The molecule has 1 aliphatic rings. The average molecular weight is 519 g/mol. The zero-order valence-corrected chi connectivity index (χ0v) is 23.0. The second-order valence-electron chi connectivity index (χ2n) is 8.28. The number of hydrogen-bond acceptors (Lipinski definition) is 6. The molecule has 0 aromatic heterocycles. The number of rotatable bonds is 15. The molecule has 1 saturated heterocycles. The van der Waals surface area contributed by atoms with Crippen LogP contribution in [0.1, 0.15) is 66.2 Å².